The molecule has 0 aliphatic rings. The minimum Gasteiger partial charge on any atom is -0.488 e. The van der Waals surface area contributed by atoms with E-state index in [-0.39, 0.29) is 17.2 Å². The molecule has 0 bridgehead atoms. The average molecular weight is 450 g/mol. The van der Waals surface area contributed by atoms with Crippen LogP contribution in [0.3, 0.4) is 0 Å². The first-order valence-electron chi connectivity index (χ1n) is 8.56. The Bertz CT molecular complexity index is 1050. The molecule has 0 saturated carbocycles. The van der Waals surface area contributed by atoms with Crippen LogP contribution in [-0.4, -0.2) is 18.4 Å². The van der Waals surface area contributed by atoms with Crippen molar-refractivity contribution < 1.29 is 19.1 Å². The van der Waals surface area contributed by atoms with Crippen molar-refractivity contribution in [2.24, 2.45) is 0 Å². The number of carbonyl (C=O) groups is 2. The lowest BCUT2D eigenvalue weighted by molar-refractivity contribution is 0.0470. The number of ketones is 1. The lowest BCUT2D eigenvalue weighted by Crippen LogP contribution is -2.15. The highest BCUT2D eigenvalue weighted by atomic mass is 35.5. The molecule has 0 aromatic heterocycles. The first-order chi connectivity index (χ1) is 14.0. The van der Waals surface area contributed by atoms with Crippen LogP contribution in [-0.2, 0) is 11.3 Å². The van der Waals surface area contributed by atoms with Gasteiger partial charge in [-0.1, -0.05) is 65.1 Å². The van der Waals surface area contributed by atoms with Crippen LogP contribution in [0.4, 0.5) is 0 Å². The molecule has 0 aliphatic carbocycles. The number of benzene rings is 3. The fourth-order valence-electron chi connectivity index (χ4n) is 2.49. The van der Waals surface area contributed by atoms with Crippen molar-refractivity contribution in [3.63, 3.8) is 0 Å². The summed E-state index contributed by atoms with van der Waals surface area (Å²) in [6, 6.07) is 18.3. The lowest BCUT2D eigenvalue weighted by Gasteiger charge is -2.12. The Kier molecular flexibility index (Phi) is 7.15. The number of Topliss-reactive ketones (excluding diaryl/α,β-unsaturated/α-hetero) is 1. The Morgan fingerprint density at radius 2 is 1.52 bits per heavy atom. The number of esters is 1. The van der Waals surface area contributed by atoms with Crippen LogP contribution < -0.4 is 4.74 Å². The molecule has 0 N–H and O–H groups in total. The number of para-hydroxylation sites is 1. The Morgan fingerprint density at radius 1 is 0.793 bits per heavy atom. The van der Waals surface area contributed by atoms with Gasteiger partial charge in [0.05, 0.1) is 10.0 Å². The molecule has 0 saturated heterocycles. The zero-order valence-corrected chi connectivity index (χ0v) is 17.3. The maximum atomic E-state index is 12.5. The number of carbonyl (C=O) groups excluding carboxylic acids is 2. The SMILES string of the molecule is O=C(COC(=O)c1ccccc1OCc1ccccc1Cl)c1ccc(Cl)c(Cl)c1. The Hall–Kier alpha value is -2.53. The minimum absolute atomic E-state index is 0.187. The Balaban J connectivity index is 1.65. The van der Waals surface area contributed by atoms with Gasteiger partial charge in [0.2, 0.25) is 0 Å². The van der Waals surface area contributed by atoms with E-state index < -0.39 is 18.4 Å². The molecule has 148 valence electrons. The predicted octanol–water partition coefficient (Wildman–Crippen LogP) is 6.27. The van der Waals surface area contributed by atoms with Crippen LogP contribution in [0.5, 0.6) is 5.75 Å². The highest BCUT2D eigenvalue weighted by Crippen LogP contribution is 2.24. The van der Waals surface area contributed by atoms with Crippen LogP contribution in [0.2, 0.25) is 15.1 Å². The summed E-state index contributed by atoms with van der Waals surface area (Å²) in [6.07, 6.45) is 0. The highest BCUT2D eigenvalue weighted by Gasteiger charge is 2.17. The molecule has 7 heteroatoms. The normalized spacial score (nSPS) is 10.4. The number of halogens is 3. The maximum Gasteiger partial charge on any atom is 0.342 e. The first-order valence-corrected chi connectivity index (χ1v) is 9.69. The van der Waals surface area contributed by atoms with E-state index in [1.807, 2.05) is 18.2 Å². The molecule has 3 rings (SSSR count). The van der Waals surface area contributed by atoms with Crippen molar-refractivity contribution in [2.45, 2.75) is 6.61 Å². The van der Waals surface area contributed by atoms with E-state index in [0.717, 1.165) is 5.56 Å². The van der Waals surface area contributed by atoms with E-state index in [1.165, 1.54) is 18.2 Å². The van der Waals surface area contributed by atoms with Crippen LogP contribution in [0.25, 0.3) is 0 Å². The molecule has 0 spiro atoms. The molecular weight excluding hydrogens is 435 g/mol. The second kappa shape index (κ2) is 9.79. The smallest absolute Gasteiger partial charge is 0.342 e. The third-order valence-corrected chi connectivity index (χ3v) is 5.13. The van der Waals surface area contributed by atoms with Gasteiger partial charge in [-0.2, -0.15) is 0 Å². The second-order valence-corrected chi connectivity index (χ2v) is 7.23. The molecule has 0 amide bonds. The van der Waals surface area contributed by atoms with Gasteiger partial charge in [0.1, 0.15) is 17.9 Å². The number of hydrogen-bond acceptors (Lipinski definition) is 4. The van der Waals surface area contributed by atoms with Gasteiger partial charge in [-0.15, -0.1) is 0 Å². The summed E-state index contributed by atoms with van der Waals surface area (Å²) in [5.74, 6) is -0.737. The standard InChI is InChI=1S/C22H15Cl3O4/c23-17-7-3-1-5-15(17)12-28-21-8-4-2-6-16(21)22(27)29-13-20(26)14-9-10-18(24)19(25)11-14/h1-11H,12-13H2. The van der Waals surface area contributed by atoms with E-state index >= 15 is 0 Å². The third-order valence-electron chi connectivity index (χ3n) is 4.02. The number of rotatable bonds is 7. The van der Waals surface area contributed by atoms with E-state index in [0.29, 0.717) is 21.4 Å². The Labute approximate surface area is 182 Å². The molecule has 29 heavy (non-hydrogen) atoms. The summed E-state index contributed by atoms with van der Waals surface area (Å²) in [4.78, 5) is 24.7. The van der Waals surface area contributed by atoms with Gasteiger partial charge < -0.3 is 9.47 Å². The molecule has 0 radical (unpaired) electrons. The van der Waals surface area contributed by atoms with Crippen molar-refractivity contribution >= 4 is 46.6 Å². The predicted molar refractivity (Wildman–Crippen MR) is 113 cm³/mol. The summed E-state index contributed by atoms with van der Waals surface area (Å²) >= 11 is 17.9. The summed E-state index contributed by atoms with van der Waals surface area (Å²) < 4.78 is 10.9. The summed E-state index contributed by atoms with van der Waals surface area (Å²) in [7, 11) is 0. The van der Waals surface area contributed by atoms with E-state index in [4.69, 9.17) is 44.3 Å². The van der Waals surface area contributed by atoms with E-state index in [2.05, 4.69) is 0 Å². The largest absolute Gasteiger partial charge is 0.488 e. The molecule has 3 aromatic rings. The van der Waals surface area contributed by atoms with Crippen LogP contribution in [0.15, 0.2) is 66.7 Å². The molecular formula is C22H15Cl3O4. The molecule has 0 unspecified atom stereocenters. The van der Waals surface area contributed by atoms with Crippen molar-refractivity contribution in [2.75, 3.05) is 6.61 Å². The summed E-state index contributed by atoms with van der Waals surface area (Å²) in [5, 5.41) is 1.16. The maximum absolute atomic E-state index is 12.5. The number of hydrogen-bond donors (Lipinski definition) is 0. The molecule has 0 heterocycles. The highest BCUT2D eigenvalue weighted by molar-refractivity contribution is 6.42. The van der Waals surface area contributed by atoms with E-state index in [1.54, 1.807) is 30.3 Å². The Morgan fingerprint density at radius 3 is 2.28 bits per heavy atom. The van der Waals surface area contributed by atoms with Gasteiger partial charge in [0, 0.05) is 16.1 Å². The van der Waals surface area contributed by atoms with Crippen LogP contribution in [0.1, 0.15) is 26.3 Å². The molecule has 3 aromatic carbocycles. The van der Waals surface area contributed by atoms with Gasteiger partial charge in [0.25, 0.3) is 0 Å². The van der Waals surface area contributed by atoms with Gasteiger partial charge in [-0.05, 0) is 36.4 Å². The average Bonchev–Trinajstić information content (AvgIpc) is 2.73. The van der Waals surface area contributed by atoms with Crippen molar-refractivity contribution in [1.29, 1.82) is 0 Å². The van der Waals surface area contributed by atoms with Crippen molar-refractivity contribution in [3.05, 3.63) is 98.5 Å². The fourth-order valence-corrected chi connectivity index (χ4v) is 2.98. The zero-order valence-electron chi connectivity index (χ0n) is 15.0. The van der Waals surface area contributed by atoms with Crippen LogP contribution in [0, 0.1) is 0 Å². The quantitative estimate of drug-likeness (QED) is 0.315. The van der Waals surface area contributed by atoms with Gasteiger partial charge in [-0.3, -0.25) is 4.79 Å². The summed E-state index contributed by atoms with van der Waals surface area (Å²) in [6.45, 7) is -0.248. The molecule has 0 fully saturated rings. The van der Waals surface area contributed by atoms with E-state index in [9.17, 15) is 9.59 Å². The topological polar surface area (TPSA) is 52.6 Å². The molecule has 0 aliphatic heterocycles. The second-order valence-electron chi connectivity index (χ2n) is 6.00. The minimum atomic E-state index is -0.673. The van der Waals surface area contributed by atoms with Crippen molar-refractivity contribution in [1.82, 2.24) is 0 Å². The van der Waals surface area contributed by atoms with Gasteiger partial charge in [0.15, 0.2) is 12.4 Å². The number of ether oxygens (including phenoxy) is 2. The van der Waals surface area contributed by atoms with Gasteiger partial charge in [-0.25, -0.2) is 4.79 Å². The zero-order chi connectivity index (χ0) is 20.8. The van der Waals surface area contributed by atoms with Gasteiger partial charge >= 0.3 is 5.97 Å². The van der Waals surface area contributed by atoms with Crippen LogP contribution >= 0.6 is 34.8 Å². The molecule has 4 nitrogen and oxygen atoms in total. The summed E-state index contributed by atoms with van der Waals surface area (Å²) in [5.41, 5.74) is 1.30. The lowest BCUT2D eigenvalue weighted by atomic mass is 10.1. The monoisotopic (exact) mass is 448 g/mol. The van der Waals surface area contributed by atoms with Crippen molar-refractivity contribution in [3.8, 4) is 5.75 Å². The first kappa shape index (κ1) is 21.2. The fraction of sp³-hybridized carbons (Fsp3) is 0.0909. The molecule has 0 atom stereocenters. The third kappa shape index (κ3) is 5.51.